The number of hydrogen-bond donors (Lipinski definition) is 0. The van der Waals surface area contributed by atoms with Crippen LogP contribution in [0, 0.1) is 0 Å². The molecule has 1 aliphatic heterocycles. The summed E-state index contributed by atoms with van der Waals surface area (Å²) in [7, 11) is 1.84. The highest BCUT2D eigenvalue weighted by Crippen LogP contribution is 2.27. The van der Waals surface area contributed by atoms with Gasteiger partial charge in [0.2, 0.25) is 0 Å². The SMILES string of the molecule is C[C@H](CN(C)C(=O)c1ccc(C2CCN(C(=O)c3ccccn3)CC2)nc1)c1ccccc1. The van der Waals surface area contributed by atoms with Crippen molar-refractivity contribution < 1.29 is 9.59 Å². The molecule has 0 aliphatic carbocycles. The number of amides is 2. The number of benzene rings is 1. The third kappa shape index (κ3) is 5.45. The summed E-state index contributed by atoms with van der Waals surface area (Å²) in [5, 5.41) is 0. The van der Waals surface area contributed by atoms with Gasteiger partial charge >= 0.3 is 0 Å². The molecule has 4 rings (SSSR count). The van der Waals surface area contributed by atoms with Gasteiger partial charge in [-0.3, -0.25) is 19.6 Å². The summed E-state index contributed by atoms with van der Waals surface area (Å²) in [5.41, 5.74) is 3.29. The van der Waals surface area contributed by atoms with Gasteiger partial charge in [0.05, 0.1) is 5.56 Å². The average molecular weight is 443 g/mol. The van der Waals surface area contributed by atoms with Gasteiger partial charge in [0.1, 0.15) is 5.69 Å². The van der Waals surface area contributed by atoms with Gasteiger partial charge < -0.3 is 9.80 Å². The van der Waals surface area contributed by atoms with E-state index in [4.69, 9.17) is 0 Å². The minimum absolute atomic E-state index is 0.0178. The fourth-order valence-electron chi connectivity index (χ4n) is 4.40. The summed E-state index contributed by atoms with van der Waals surface area (Å²) >= 11 is 0. The van der Waals surface area contributed by atoms with E-state index in [-0.39, 0.29) is 23.7 Å². The number of pyridine rings is 2. The van der Waals surface area contributed by atoms with Crippen LogP contribution < -0.4 is 0 Å². The number of rotatable bonds is 6. The Hall–Kier alpha value is -3.54. The molecule has 1 saturated heterocycles. The molecule has 6 heteroatoms. The Balaban J connectivity index is 1.32. The monoisotopic (exact) mass is 442 g/mol. The maximum atomic E-state index is 12.9. The molecule has 0 unspecified atom stereocenters. The Morgan fingerprint density at radius 1 is 1.00 bits per heavy atom. The van der Waals surface area contributed by atoms with Crippen molar-refractivity contribution in [2.45, 2.75) is 31.6 Å². The molecule has 6 nitrogen and oxygen atoms in total. The Kier molecular flexibility index (Phi) is 7.13. The van der Waals surface area contributed by atoms with E-state index >= 15 is 0 Å². The van der Waals surface area contributed by atoms with E-state index in [9.17, 15) is 9.59 Å². The molecule has 3 aromatic rings. The molecule has 170 valence electrons. The molecule has 3 heterocycles. The van der Waals surface area contributed by atoms with Crippen LogP contribution in [0.5, 0.6) is 0 Å². The summed E-state index contributed by atoms with van der Waals surface area (Å²) in [4.78, 5) is 37.9. The molecule has 1 atom stereocenters. The maximum Gasteiger partial charge on any atom is 0.272 e. The predicted molar refractivity (Wildman–Crippen MR) is 128 cm³/mol. The Labute approximate surface area is 195 Å². The smallest absolute Gasteiger partial charge is 0.272 e. The van der Waals surface area contributed by atoms with E-state index in [0.717, 1.165) is 18.5 Å². The van der Waals surface area contributed by atoms with Crippen LogP contribution in [0.25, 0.3) is 0 Å². The lowest BCUT2D eigenvalue weighted by Crippen LogP contribution is -2.38. The number of carbonyl (C=O) groups excluding carboxylic acids is 2. The summed E-state index contributed by atoms with van der Waals surface area (Å²) in [6.45, 7) is 4.14. The normalized spacial score (nSPS) is 15.2. The maximum absolute atomic E-state index is 12.9. The van der Waals surface area contributed by atoms with E-state index in [0.29, 0.717) is 30.9 Å². The molecule has 0 spiro atoms. The first kappa shape index (κ1) is 22.6. The molecule has 33 heavy (non-hydrogen) atoms. The highest BCUT2D eigenvalue weighted by atomic mass is 16.2. The topological polar surface area (TPSA) is 66.4 Å². The molecule has 0 saturated carbocycles. The van der Waals surface area contributed by atoms with Crippen LogP contribution in [0.15, 0.2) is 73.1 Å². The molecule has 0 N–H and O–H groups in total. The van der Waals surface area contributed by atoms with E-state index in [2.05, 4.69) is 29.0 Å². The van der Waals surface area contributed by atoms with Crippen molar-refractivity contribution in [2.24, 2.45) is 0 Å². The second-order valence-corrected chi connectivity index (χ2v) is 8.75. The zero-order valence-electron chi connectivity index (χ0n) is 19.2. The summed E-state index contributed by atoms with van der Waals surface area (Å²) in [6, 6.07) is 19.5. The Morgan fingerprint density at radius 3 is 2.36 bits per heavy atom. The second-order valence-electron chi connectivity index (χ2n) is 8.75. The number of likely N-dealkylation sites (tertiary alicyclic amines) is 1. The van der Waals surface area contributed by atoms with Gasteiger partial charge in [0.15, 0.2) is 0 Å². The Morgan fingerprint density at radius 2 is 1.73 bits per heavy atom. The lowest BCUT2D eigenvalue weighted by molar-refractivity contribution is 0.0705. The van der Waals surface area contributed by atoms with Crippen molar-refractivity contribution in [3.63, 3.8) is 0 Å². The molecule has 2 aromatic heterocycles. The number of hydrogen-bond acceptors (Lipinski definition) is 4. The molecule has 1 fully saturated rings. The first-order valence-corrected chi connectivity index (χ1v) is 11.5. The van der Waals surface area contributed by atoms with Crippen LogP contribution in [-0.2, 0) is 0 Å². The number of aromatic nitrogens is 2. The lowest BCUT2D eigenvalue weighted by atomic mass is 9.92. The van der Waals surface area contributed by atoms with Crippen molar-refractivity contribution in [1.29, 1.82) is 0 Å². The summed E-state index contributed by atoms with van der Waals surface area (Å²) in [5.74, 6) is 0.507. The van der Waals surface area contributed by atoms with E-state index in [1.54, 1.807) is 23.4 Å². The number of piperidine rings is 1. The standard InChI is InChI=1S/C27H30N4O2/c1-20(21-8-4-3-5-9-21)19-30(2)26(32)23-11-12-24(29-18-23)22-13-16-31(17-14-22)27(33)25-10-6-7-15-28-25/h3-12,15,18,20,22H,13-14,16-17,19H2,1-2H3/t20-/m1/s1. The van der Waals surface area contributed by atoms with Crippen LogP contribution in [0.3, 0.4) is 0 Å². The van der Waals surface area contributed by atoms with Crippen molar-refractivity contribution in [3.8, 4) is 0 Å². The second kappa shape index (κ2) is 10.4. The number of likely N-dealkylation sites (N-methyl/N-ethyl adjacent to an activating group) is 1. The molecule has 0 bridgehead atoms. The van der Waals surface area contributed by atoms with Crippen LogP contribution in [0.4, 0.5) is 0 Å². The van der Waals surface area contributed by atoms with Crippen LogP contribution in [-0.4, -0.2) is 58.3 Å². The summed E-state index contributed by atoms with van der Waals surface area (Å²) in [6.07, 6.45) is 5.04. The Bertz CT molecular complexity index is 1060. The van der Waals surface area contributed by atoms with Crippen LogP contribution >= 0.6 is 0 Å². The molecule has 1 aromatic carbocycles. The highest BCUT2D eigenvalue weighted by Gasteiger charge is 2.26. The van der Waals surface area contributed by atoms with E-state index in [1.807, 2.05) is 54.4 Å². The fraction of sp³-hybridized carbons (Fsp3) is 0.333. The van der Waals surface area contributed by atoms with Gasteiger partial charge in [-0.15, -0.1) is 0 Å². The quantitative estimate of drug-likeness (QED) is 0.569. The number of carbonyl (C=O) groups is 2. The average Bonchev–Trinajstić information content (AvgIpc) is 2.89. The van der Waals surface area contributed by atoms with Crippen molar-refractivity contribution >= 4 is 11.8 Å². The zero-order valence-corrected chi connectivity index (χ0v) is 19.2. The third-order valence-electron chi connectivity index (χ3n) is 6.38. The van der Waals surface area contributed by atoms with Gasteiger partial charge in [-0.05, 0) is 48.6 Å². The highest BCUT2D eigenvalue weighted by molar-refractivity contribution is 5.94. The first-order valence-electron chi connectivity index (χ1n) is 11.5. The minimum Gasteiger partial charge on any atom is -0.341 e. The van der Waals surface area contributed by atoms with Gasteiger partial charge in [0.25, 0.3) is 11.8 Å². The lowest BCUT2D eigenvalue weighted by Gasteiger charge is -2.31. The van der Waals surface area contributed by atoms with Crippen LogP contribution in [0.1, 0.15) is 63.7 Å². The minimum atomic E-state index is -0.0207. The van der Waals surface area contributed by atoms with Crippen LogP contribution in [0.2, 0.25) is 0 Å². The zero-order chi connectivity index (χ0) is 23.2. The number of nitrogens with zero attached hydrogens (tertiary/aromatic N) is 4. The predicted octanol–water partition coefficient (Wildman–Crippen LogP) is 4.37. The van der Waals surface area contributed by atoms with Crippen molar-refractivity contribution in [3.05, 3.63) is 95.6 Å². The third-order valence-corrected chi connectivity index (χ3v) is 6.38. The van der Waals surface area contributed by atoms with Crippen molar-refractivity contribution in [2.75, 3.05) is 26.7 Å². The van der Waals surface area contributed by atoms with Gasteiger partial charge in [-0.2, -0.15) is 0 Å². The van der Waals surface area contributed by atoms with E-state index < -0.39 is 0 Å². The molecule has 1 aliphatic rings. The van der Waals surface area contributed by atoms with Gasteiger partial charge in [-0.1, -0.05) is 43.3 Å². The summed E-state index contributed by atoms with van der Waals surface area (Å²) < 4.78 is 0. The molecule has 0 radical (unpaired) electrons. The van der Waals surface area contributed by atoms with E-state index in [1.165, 1.54) is 5.56 Å². The fourth-order valence-corrected chi connectivity index (χ4v) is 4.40. The molecular weight excluding hydrogens is 412 g/mol. The van der Waals surface area contributed by atoms with Crippen molar-refractivity contribution in [1.82, 2.24) is 19.8 Å². The van der Waals surface area contributed by atoms with Gasteiger partial charge in [0, 0.05) is 50.7 Å². The molecule has 2 amide bonds. The first-order chi connectivity index (χ1) is 16.0. The van der Waals surface area contributed by atoms with Gasteiger partial charge in [-0.25, -0.2) is 0 Å². The largest absolute Gasteiger partial charge is 0.341 e. The molecular formula is C27H30N4O2.